The zero-order chi connectivity index (χ0) is 17.0. The first-order valence-electron chi connectivity index (χ1n) is 6.22. The molecular weight excluding hydrogens is 332 g/mol. The number of thiophene rings is 1. The molecule has 3 N–H and O–H groups in total. The van der Waals surface area contributed by atoms with Gasteiger partial charge < -0.3 is 15.2 Å². The van der Waals surface area contributed by atoms with Crippen molar-refractivity contribution in [2.45, 2.75) is 29.6 Å². The number of hydrogen-bond donors (Lipinski definition) is 3. The van der Waals surface area contributed by atoms with Crippen LogP contribution in [0.5, 0.6) is 0 Å². The van der Waals surface area contributed by atoms with Crippen molar-refractivity contribution >= 4 is 33.2 Å². The molecule has 0 aliphatic carbocycles. The van der Waals surface area contributed by atoms with Gasteiger partial charge >= 0.3 is 5.97 Å². The minimum absolute atomic E-state index is 0.0741. The predicted octanol–water partition coefficient (Wildman–Crippen LogP) is 0.0208. The molecule has 0 radical (unpaired) electrons. The van der Waals surface area contributed by atoms with Crippen LogP contribution >= 0.6 is 11.3 Å². The summed E-state index contributed by atoms with van der Waals surface area (Å²) in [6.07, 6.45) is 0. The number of sulfonamides is 1. The quantitative estimate of drug-likeness (QED) is 0.608. The van der Waals surface area contributed by atoms with E-state index in [9.17, 15) is 18.0 Å². The van der Waals surface area contributed by atoms with Gasteiger partial charge in [-0.1, -0.05) is 6.07 Å². The molecule has 8 nitrogen and oxygen atoms in total. The molecule has 1 amide bonds. The summed E-state index contributed by atoms with van der Waals surface area (Å²) < 4.78 is 31.1. The molecule has 0 aliphatic heterocycles. The molecule has 0 aromatic carbocycles. The molecule has 0 spiro atoms. The smallest absolute Gasteiger partial charge is 0.331 e. The van der Waals surface area contributed by atoms with E-state index >= 15 is 0 Å². The van der Waals surface area contributed by atoms with Crippen molar-refractivity contribution in [3.05, 3.63) is 17.5 Å². The molecule has 10 heteroatoms. The Morgan fingerprint density at radius 3 is 2.59 bits per heavy atom. The minimum atomic E-state index is -3.82. The maximum atomic E-state index is 12.0. The van der Waals surface area contributed by atoms with E-state index in [-0.39, 0.29) is 10.8 Å². The van der Waals surface area contributed by atoms with E-state index in [1.807, 2.05) is 0 Å². The highest BCUT2D eigenvalue weighted by Crippen LogP contribution is 2.16. The molecule has 1 aromatic rings. The molecule has 0 fully saturated rings. The molecule has 0 aliphatic rings. The van der Waals surface area contributed by atoms with Gasteiger partial charge in [0, 0.05) is 7.11 Å². The van der Waals surface area contributed by atoms with Crippen LogP contribution in [0.3, 0.4) is 0 Å². The van der Waals surface area contributed by atoms with E-state index < -0.39 is 33.5 Å². The van der Waals surface area contributed by atoms with Gasteiger partial charge in [-0.2, -0.15) is 4.72 Å². The first-order valence-corrected chi connectivity index (χ1v) is 8.59. The van der Waals surface area contributed by atoms with Crippen LogP contribution in [0.4, 0.5) is 0 Å². The summed E-state index contributed by atoms with van der Waals surface area (Å²) in [5.74, 6) is -2.04. The first kappa shape index (κ1) is 18.6. The number of hydrogen-bond acceptors (Lipinski definition) is 6. The zero-order valence-electron chi connectivity index (χ0n) is 12.3. The van der Waals surface area contributed by atoms with Crippen LogP contribution in [-0.4, -0.2) is 50.7 Å². The molecule has 124 valence electrons. The second-order valence-electron chi connectivity index (χ2n) is 4.83. The number of amides is 1. The average molecular weight is 350 g/mol. The number of carbonyl (C=O) groups excluding carboxylic acids is 1. The number of carboxylic acids is 1. The highest BCUT2D eigenvalue weighted by atomic mass is 32.2. The lowest BCUT2D eigenvalue weighted by Gasteiger charge is -2.27. The lowest BCUT2D eigenvalue weighted by atomic mass is 10.0. The molecule has 1 heterocycles. The van der Waals surface area contributed by atoms with Gasteiger partial charge in [-0.15, -0.1) is 11.3 Å². The number of carbonyl (C=O) groups is 2. The average Bonchev–Trinajstić information content (AvgIpc) is 2.92. The Hall–Kier alpha value is -1.49. The Morgan fingerprint density at radius 1 is 1.50 bits per heavy atom. The van der Waals surface area contributed by atoms with Gasteiger partial charge in [0.05, 0.1) is 12.6 Å². The van der Waals surface area contributed by atoms with Crippen LogP contribution < -0.4 is 10.0 Å². The fraction of sp³-hybridized carbons (Fsp3) is 0.500. The number of aliphatic carboxylic acids is 1. The summed E-state index contributed by atoms with van der Waals surface area (Å²) in [7, 11) is -2.52. The Bertz CT molecular complexity index is 628. The number of nitrogens with one attached hydrogen (secondary N) is 2. The lowest BCUT2D eigenvalue weighted by molar-refractivity contribution is -0.149. The lowest BCUT2D eigenvalue weighted by Crippen LogP contribution is -2.59. The molecule has 0 saturated heterocycles. The Balaban J connectivity index is 2.79. The van der Waals surface area contributed by atoms with Gasteiger partial charge in [-0.3, -0.25) is 4.79 Å². The number of ether oxygens (including phenoxy) is 1. The Morgan fingerprint density at radius 2 is 2.14 bits per heavy atom. The second kappa shape index (κ2) is 7.18. The highest BCUT2D eigenvalue weighted by Gasteiger charge is 2.36. The summed E-state index contributed by atoms with van der Waals surface area (Å²) in [6.45, 7) is 2.35. The van der Waals surface area contributed by atoms with Crippen LogP contribution in [0.2, 0.25) is 0 Å². The van der Waals surface area contributed by atoms with Crippen molar-refractivity contribution in [1.29, 1.82) is 0 Å². The summed E-state index contributed by atoms with van der Waals surface area (Å²) in [5, 5.41) is 13.0. The molecule has 2 unspecified atom stereocenters. The summed E-state index contributed by atoms with van der Waals surface area (Å²) >= 11 is 1.01. The number of methoxy groups -OCH3 is 1. The van der Waals surface area contributed by atoms with Crippen LogP contribution in [0.1, 0.15) is 13.8 Å². The summed E-state index contributed by atoms with van der Waals surface area (Å²) in [4.78, 5) is 23.2. The largest absolute Gasteiger partial charge is 0.479 e. The maximum absolute atomic E-state index is 12.0. The topological polar surface area (TPSA) is 122 Å². The summed E-state index contributed by atoms with van der Waals surface area (Å²) in [5.41, 5.74) is -1.64. The van der Waals surface area contributed by atoms with E-state index in [0.717, 1.165) is 11.3 Å². The molecule has 0 saturated carbocycles. The van der Waals surface area contributed by atoms with E-state index in [2.05, 4.69) is 10.0 Å². The SMILES string of the molecule is COCC(C)(NC(=O)C(C)NS(=O)(=O)c1cccs1)C(=O)O. The maximum Gasteiger partial charge on any atom is 0.331 e. The third kappa shape index (κ3) is 4.50. The van der Waals surface area contributed by atoms with Gasteiger partial charge in [-0.05, 0) is 25.3 Å². The van der Waals surface area contributed by atoms with Gasteiger partial charge in [-0.25, -0.2) is 13.2 Å². The fourth-order valence-electron chi connectivity index (χ4n) is 1.58. The molecular formula is C12H18N2O6S2. The molecule has 0 bridgehead atoms. The zero-order valence-corrected chi connectivity index (χ0v) is 14.0. The van der Waals surface area contributed by atoms with Crippen molar-refractivity contribution in [2.75, 3.05) is 13.7 Å². The van der Waals surface area contributed by atoms with Gasteiger partial charge in [0.25, 0.3) is 10.0 Å². The van der Waals surface area contributed by atoms with Gasteiger partial charge in [0.15, 0.2) is 5.54 Å². The van der Waals surface area contributed by atoms with E-state index in [4.69, 9.17) is 9.84 Å². The monoisotopic (exact) mass is 350 g/mol. The van der Waals surface area contributed by atoms with E-state index in [1.54, 1.807) is 11.4 Å². The predicted molar refractivity (Wildman–Crippen MR) is 80.2 cm³/mol. The molecule has 22 heavy (non-hydrogen) atoms. The molecule has 2 atom stereocenters. The minimum Gasteiger partial charge on any atom is -0.479 e. The number of carboxylic acid groups (broad SMARTS) is 1. The van der Waals surface area contributed by atoms with Crippen LogP contribution in [0, 0.1) is 0 Å². The fourth-order valence-corrected chi connectivity index (χ4v) is 3.79. The Kier molecular flexibility index (Phi) is 6.06. The van der Waals surface area contributed by atoms with Crippen LogP contribution in [0.25, 0.3) is 0 Å². The third-order valence-corrected chi connectivity index (χ3v) is 5.73. The van der Waals surface area contributed by atoms with Crippen molar-refractivity contribution in [2.24, 2.45) is 0 Å². The Labute approximate surface area is 132 Å². The van der Waals surface area contributed by atoms with E-state index in [0.29, 0.717) is 0 Å². The first-order chi connectivity index (χ1) is 10.1. The molecule has 1 aromatic heterocycles. The van der Waals surface area contributed by atoms with Crippen molar-refractivity contribution < 1.29 is 27.9 Å². The second-order valence-corrected chi connectivity index (χ2v) is 7.72. The van der Waals surface area contributed by atoms with Gasteiger partial charge in [0.1, 0.15) is 4.21 Å². The summed E-state index contributed by atoms with van der Waals surface area (Å²) in [6, 6.07) is 1.84. The van der Waals surface area contributed by atoms with Crippen molar-refractivity contribution in [3.63, 3.8) is 0 Å². The number of rotatable bonds is 8. The van der Waals surface area contributed by atoms with E-state index in [1.165, 1.54) is 27.0 Å². The van der Waals surface area contributed by atoms with Gasteiger partial charge in [0.2, 0.25) is 5.91 Å². The van der Waals surface area contributed by atoms with Crippen molar-refractivity contribution in [3.8, 4) is 0 Å². The van der Waals surface area contributed by atoms with Crippen molar-refractivity contribution in [1.82, 2.24) is 10.0 Å². The standard InChI is InChI=1S/C12H18N2O6S2/c1-8(14-22(18,19)9-5-4-6-21-9)10(15)13-12(2,7-20-3)11(16)17/h4-6,8,14H,7H2,1-3H3,(H,13,15)(H,16,17). The third-order valence-electron chi connectivity index (χ3n) is 2.79. The van der Waals surface area contributed by atoms with Crippen LogP contribution in [-0.2, 0) is 24.3 Å². The normalized spacial score (nSPS) is 15.8. The highest BCUT2D eigenvalue weighted by molar-refractivity contribution is 7.91. The molecule has 1 rings (SSSR count). The van der Waals surface area contributed by atoms with Crippen LogP contribution in [0.15, 0.2) is 21.7 Å².